The third-order valence-electron chi connectivity index (χ3n) is 2.67. The van der Waals surface area contributed by atoms with E-state index in [4.69, 9.17) is 0 Å². The van der Waals surface area contributed by atoms with E-state index in [0.717, 1.165) is 13.1 Å². The minimum Gasteiger partial charge on any atom is -0.362 e. The summed E-state index contributed by atoms with van der Waals surface area (Å²) in [5.41, 5.74) is 0. The largest absolute Gasteiger partial charge is 0.362 e. The first-order valence-electron chi connectivity index (χ1n) is 5.59. The lowest BCUT2D eigenvalue weighted by Crippen LogP contribution is -2.22. The van der Waals surface area contributed by atoms with Crippen molar-refractivity contribution >= 4 is 5.84 Å². The van der Waals surface area contributed by atoms with Crippen molar-refractivity contribution in [2.45, 2.75) is 45.4 Å². The molecule has 1 aliphatic rings. The molecule has 2 nitrogen and oxygen atoms in total. The Morgan fingerprint density at radius 1 is 1.23 bits per heavy atom. The maximum Gasteiger partial charge on any atom is 0.0987 e. The smallest absolute Gasteiger partial charge is 0.0987 e. The van der Waals surface area contributed by atoms with E-state index < -0.39 is 0 Å². The molecule has 0 fully saturated rings. The topological polar surface area (TPSA) is 15.6 Å². The number of likely N-dealkylation sites (N-methyl/N-ethyl adjacent to an activating group) is 1. The molecule has 0 radical (unpaired) electrons. The average molecular weight is 182 g/mol. The van der Waals surface area contributed by atoms with E-state index in [1.165, 1.54) is 44.4 Å². The minimum absolute atomic E-state index is 1.01. The van der Waals surface area contributed by atoms with Gasteiger partial charge in [-0.1, -0.05) is 32.6 Å². The van der Waals surface area contributed by atoms with Crippen molar-refractivity contribution in [2.75, 3.05) is 20.1 Å². The Bertz CT molecular complexity index is 163. The van der Waals surface area contributed by atoms with Crippen LogP contribution in [0, 0.1) is 0 Å². The van der Waals surface area contributed by atoms with Crippen LogP contribution in [0.1, 0.15) is 45.4 Å². The van der Waals surface area contributed by atoms with Crippen LogP contribution in [0.4, 0.5) is 0 Å². The van der Waals surface area contributed by atoms with Gasteiger partial charge in [0.2, 0.25) is 0 Å². The van der Waals surface area contributed by atoms with Crippen LogP contribution in [0.3, 0.4) is 0 Å². The van der Waals surface area contributed by atoms with Gasteiger partial charge in [-0.05, 0) is 6.42 Å². The fourth-order valence-electron chi connectivity index (χ4n) is 1.74. The fourth-order valence-corrected chi connectivity index (χ4v) is 1.74. The Kier molecular flexibility index (Phi) is 4.87. The van der Waals surface area contributed by atoms with Gasteiger partial charge in [0, 0.05) is 20.0 Å². The molecule has 0 unspecified atom stereocenters. The molecule has 0 spiro atoms. The molecule has 0 aromatic carbocycles. The number of nitrogens with zero attached hydrogens (tertiary/aromatic N) is 2. The molecule has 0 aromatic heterocycles. The highest BCUT2D eigenvalue weighted by Crippen LogP contribution is 2.09. The van der Waals surface area contributed by atoms with E-state index in [2.05, 4.69) is 23.9 Å². The van der Waals surface area contributed by atoms with Crippen LogP contribution in [0.15, 0.2) is 4.99 Å². The lowest BCUT2D eigenvalue weighted by molar-refractivity contribution is 0.536. The maximum absolute atomic E-state index is 4.48. The Hall–Kier alpha value is -0.530. The lowest BCUT2D eigenvalue weighted by Gasteiger charge is -2.12. The predicted octanol–water partition coefficient (Wildman–Crippen LogP) is 2.69. The third-order valence-corrected chi connectivity index (χ3v) is 2.67. The fraction of sp³-hybridized carbons (Fsp3) is 0.909. The Morgan fingerprint density at radius 2 is 2.00 bits per heavy atom. The number of hydrogen-bond acceptors (Lipinski definition) is 2. The quantitative estimate of drug-likeness (QED) is 0.577. The normalized spacial score (nSPS) is 16.5. The summed E-state index contributed by atoms with van der Waals surface area (Å²) in [6.45, 7) is 4.40. The monoisotopic (exact) mass is 182 g/mol. The van der Waals surface area contributed by atoms with Crippen molar-refractivity contribution in [1.82, 2.24) is 4.90 Å². The first-order chi connectivity index (χ1) is 6.34. The van der Waals surface area contributed by atoms with Crippen LogP contribution in [0.2, 0.25) is 0 Å². The van der Waals surface area contributed by atoms with E-state index in [0.29, 0.717) is 0 Å². The van der Waals surface area contributed by atoms with Gasteiger partial charge in [-0.25, -0.2) is 0 Å². The van der Waals surface area contributed by atoms with Gasteiger partial charge in [-0.15, -0.1) is 0 Å². The summed E-state index contributed by atoms with van der Waals surface area (Å²) in [6.07, 6.45) is 8.01. The molecule has 0 amide bonds. The molecule has 0 atom stereocenters. The first-order valence-corrected chi connectivity index (χ1v) is 5.59. The van der Waals surface area contributed by atoms with E-state index in [1.54, 1.807) is 0 Å². The summed E-state index contributed by atoms with van der Waals surface area (Å²) < 4.78 is 0. The lowest BCUT2D eigenvalue weighted by atomic mass is 10.1. The molecule has 13 heavy (non-hydrogen) atoms. The molecule has 0 aliphatic carbocycles. The SMILES string of the molecule is CCCCCCCC1=NCCN1C. The van der Waals surface area contributed by atoms with Crippen LogP contribution in [0.5, 0.6) is 0 Å². The highest BCUT2D eigenvalue weighted by Gasteiger charge is 2.10. The van der Waals surface area contributed by atoms with Gasteiger partial charge >= 0.3 is 0 Å². The Morgan fingerprint density at radius 3 is 2.62 bits per heavy atom. The van der Waals surface area contributed by atoms with E-state index in [1.807, 2.05) is 0 Å². The summed E-state index contributed by atoms with van der Waals surface area (Å²) in [5.74, 6) is 1.33. The molecule has 2 heteroatoms. The molecule has 1 heterocycles. The van der Waals surface area contributed by atoms with Crippen molar-refractivity contribution < 1.29 is 0 Å². The second-order valence-electron chi connectivity index (χ2n) is 3.88. The molecule has 1 aliphatic heterocycles. The highest BCUT2D eigenvalue weighted by molar-refractivity contribution is 5.83. The number of rotatable bonds is 6. The first kappa shape index (κ1) is 10.6. The number of aliphatic imine (C=N–C) groups is 1. The van der Waals surface area contributed by atoms with Crippen molar-refractivity contribution in [2.24, 2.45) is 4.99 Å². The summed E-state index contributed by atoms with van der Waals surface area (Å²) in [7, 11) is 2.15. The highest BCUT2D eigenvalue weighted by atomic mass is 15.2. The average Bonchev–Trinajstić information content (AvgIpc) is 2.52. The standard InChI is InChI=1S/C11H22N2/c1-3-4-5-6-7-8-11-12-9-10-13(11)2/h3-10H2,1-2H3. The zero-order chi connectivity index (χ0) is 9.52. The Balaban J connectivity index is 1.99. The van der Waals surface area contributed by atoms with E-state index in [9.17, 15) is 0 Å². The van der Waals surface area contributed by atoms with Gasteiger partial charge < -0.3 is 4.90 Å². The van der Waals surface area contributed by atoms with Gasteiger partial charge in [0.1, 0.15) is 0 Å². The molecule has 0 saturated carbocycles. The van der Waals surface area contributed by atoms with Crippen LogP contribution in [-0.2, 0) is 0 Å². The van der Waals surface area contributed by atoms with Gasteiger partial charge in [0.05, 0.1) is 12.4 Å². The van der Waals surface area contributed by atoms with Crippen LogP contribution >= 0.6 is 0 Å². The predicted molar refractivity (Wildman–Crippen MR) is 58.3 cm³/mol. The Labute approximate surface area is 82.0 Å². The van der Waals surface area contributed by atoms with Crippen molar-refractivity contribution in [3.05, 3.63) is 0 Å². The van der Waals surface area contributed by atoms with E-state index >= 15 is 0 Å². The maximum atomic E-state index is 4.48. The molecule has 0 bridgehead atoms. The molecular formula is C11H22N2. The third kappa shape index (κ3) is 3.79. The second kappa shape index (κ2) is 6.01. The van der Waals surface area contributed by atoms with Gasteiger partial charge in [-0.2, -0.15) is 0 Å². The van der Waals surface area contributed by atoms with Crippen LogP contribution < -0.4 is 0 Å². The molecule has 1 rings (SSSR count). The summed E-state index contributed by atoms with van der Waals surface area (Å²) in [4.78, 5) is 6.77. The van der Waals surface area contributed by atoms with Gasteiger partial charge in [0.15, 0.2) is 0 Å². The second-order valence-corrected chi connectivity index (χ2v) is 3.88. The number of amidine groups is 1. The van der Waals surface area contributed by atoms with Crippen LogP contribution in [-0.4, -0.2) is 30.9 Å². The van der Waals surface area contributed by atoms with Crippen LogP contribution in [0.25, 0.3) is 0 Å². The van der Waals surface area contributed by atoms with Gasteiger partial charge in [0.25, 0.3) is 0 Å². The minimum atomic E-state index is 1.01. The zero-order valence-electron chi connectivity index (χ0n) is 9.05. The van der Waals surface area contributed by atoms with Crippen molar-refractivity contribution in [3.63, 3.8) is 0 Å². The van der Waals surface area contributed by atoms with E-state index in [-0.39, 0.29) is 0 Å². The molecule has 76 valence electrons. The van der Waals surface area contributed by atoms with Crippen molar-refractivity contribution in [1.29, 1.82) is 0 Å². The van der Waals surface area contributed by atoms with Gasteiger partial charge in [-0.3, -0.25) is 4.99 Å². The molecular weight excluding hydrogens is 160 g/mol. The summed E-state index contributed by atoms with van der Waals surface area (Å²) >= 11 is 0. The van der Waals surface area contributed by atoms with Crippen molar-refractivity contribution in [3.8, 4) is 0 Å². The summed E-state index contributed by atoms with van der Waals surface area (Å²) in [6, 6.07) is 0. The number of hydrogen-bond donors (Lipinski definition) is 0. The molecule has 0 saturated heterocycles. The summed E-state index contributed by atoms with van der Waals surface area (Å²) in [5, 5.41) is 0. The number of unbranched alkanes of at least 4 members (excludes halogenated alkanes) is 4. The molecule has 0 aromatic rings. The zero-order valence-corrected chi connectivity index (χ0v) is 9.05. The molecule has 0 N–H and O–H groups in total.